The molecule has 20 heavy (non-hydrogen) atoms. The van der Waals surface area contributed by atoms with E-state index in [1.165, 1.54) is 19.2 Å². The van der Waals surface area contributed by atoms with Crippen molar-refractivity contribution in [2.24, 2.45) is 0 Å². The minimum absolute atomic E-state index is 0.158. The molecule has 0 spiro atoms. The largest absolute Gasteiger partial charge is 0.497 e. The zero-order chi connectivity index (χ0) is 14.5. The zero-order valence-corrected chi connectivity index (χ0v) is 11.5. The molecule has 0 radical (unpaired) electrons. The average Bonchev–Trinajstić information content (AvgIpc) is 2.46. The highest BCUT2D eigenvalue weighted by molar-refractivity contribution is 6.31. The molecule has 0 aromatic heterocycles. The predicted octanol–water partition coefficient (Wildman–Crippen LogP) is 3.84. The lowest BCUT2D eigenvalue weighted by atomic mass is 10.2. The van der Waals surface area contributed by atoms with Crippen LogP contribution in [0.1, 0.15) is 15.9 Å². The van der Waals surface area contributed by atoms with Crippen molar-refractivity contribution in [2.45, 2.75) is 6.61 Å². The summed E-state index contributed by atoms with van der Waals surface area (Å²) in [4.78, 5) is 11.9. The van der Waals surface area contributed by atoms with Crippen molar-refractivity contribution in [2.75, 3.05) is 7.11 Å². The molecule has 0 saturated heterocycles. The molecule has 5 heteroatoms. The number of rotatable bonds is 4. The first-order valence-corrected chi connectivity index (χ1v) is 6.23. The number of ether oxygens (including phenoxy) is 2. The van der Waals surface area contributed by atoms with E-state index >= 15 is 0 Å². The van der Waals surface area contributed by atoms with Crippen LogP contribution < -0.4 is 4.74 Å². The Balaban J connectivity index is 2.09. The molecule has 0 saturated carbocycles. The maximum atomic E-state index is 13.5. The predicted molar refractivity (Wildman–Crippen MR) is 73.5 cm³/mol. The summed E-state index contributed by atoms with van der Waals surface area (Å²) in [5.41, 5.74) is 0.488. The van der Waals surface area contributed by atoms with Crippen LogP contribution in [0.4, 0.5) is 4.39 Å². The van der Waals surface area contributed by atoms with E-state index in [2.05, 4.69) is 0 Å². The zero-order valence-electron chi connectivity index (χ0n) is 10.7. The fourth-order valence-electron chi connectivity index (χ4n) is 1.64. The van der Waals surface area contributed by atoms with Gasteiger partial charge in [0.25, 0.3) is 0 Å². The van der Waals surface area contributed by atoms with Gasteiger partial charge in [0, 0.05) is 5.56 Å². The molecular formula is C15H12ClFO3. The first kappa shape index (κ1) is 14.3. The molecule has 2 aromatic rings. The number of hydrogen-bond donors (Lipinski definition) is 0. The molecule has 2 rings (SSSR count). The van der Waals surface area contributed by atoms with Crippen molar-refractivity contribution in [3.63, 3.8) is 0 Å². The maximum absolute atomic E-state index is 13.5. The van der Waals surface area contributed by atoms with E-state index in [4.69, 9.17) is 21.1 Å². The molecule has 0 aliphatic heterocycles. The molecule has 0 amide bonds. The molecule has 0 bridgehead atoms. The summed E-state index contributed by atoms with van der Waals surface area (Å²) in [5.74, 6) is -0.525. The fraction of sp³-hybridized carbons (Fsp3) is 0.133. The van der Waals surface area contributed by atoms with Crippen molar-refractivity contribution in [1.82, 2.24) is 0 Å². The Labute approximate surface area is 120 Å². The van der Waals surface area contributed by atoms with E-state index in [0.29, 0.717) is 11.3 Å². The molecule has 2 aromatic carbocycles. The van der Waals surface area contributed by atoms with Crippen LogP contribution in [0.15, 0.2) is 42.5 Å². The van der Waals surface area contributed by atoms with Crippen molar-refractivity contribution >= 4 is 17.6 Å². The molecule has 0 heterocycles. The lowest BCUT2D eigenvalue weighted by Crippen LogP contribution is -2.06. The van der Waals surface area contributed by atoms with Gasteiger partial charge in [-0.2, -0.15) is 0 Å². The summed E-state index contributed by atoms with van der Waals surface area (Å²) >= 11 is 5.86. The van der Waals surface area contributed by atoms with Gasteiger partial charge in [-0.05, 0) is 30.3 Å². The van der Waals surface area contributed by atoms with E-state index < -0.39 is 11.8 Å². The second-order valence-corrected chi connectivity index (χ2v) is 4.42. The van der Waals surface area contributed by atoms with Gasteiger partial charge in [0.1, 0.15) is 18.2 Å². The standard InChI is InChI=1S/C15H12ClFO3/c1-19-11-5-2-4-10(8-11)15(18)20-9-12-13(16)6-3-7-14(12)17/h2-8H,9H2,1H3. The van der Waals surface area contributed by atoms with Crippen LogP contribution in [0.2, 0.25) is 5.02 Å². The summed E-state index contributed by atoms with van der Waals surface area (Å²) < 4.78 is 23.6. The summed E-state index contributed by atoms with van der Waals surface area (Å²) in [7, 11) is 1.50. The van der Waals surface area contributed by atoms with E-state index in [1.54, 1.807) is 30.3 Å². The Morgan fingerprint density at radius 2 is 2.00 bits per heavy atom. The van der Waals surface area contributed by atoms with E-state index in [1.807, 2.05) is 0 Å². The van der Waals surface area contributed by atoms with Crippen LogP contribution in [0.3, 0.4) is 0 Å². The normalized spacial score (nSPS) is 10.2. The van der Waals surface area contributed by atoms with Gasteiger partial charge >= 0.3 is 5.97 Å². The van der Waals surface area contributed by atoms with Crippen molar-refractivity contribution in [3.05, 3.63) is 64.4 Å². The minimum Gasteiger partial charge on any atom is -0.497 e. The summed E-state index contributed by atoms with van der Waals surface area (Å²) in [5, 5.41) is 0.225. The number of esters is 1. The van der Waals surface area contributed by atoms with E-state index in [-0.39, 0.29) is 17.2 Å². The Kier molecular flexibility index (Phi) is 4.58. The second-order valence-electron chi connectivity index (χ2n) is 4.01. The maximum Gasteiger partial charge on any atom is 0.338 e. The summed E-state index contributed by atoms with van der Waals surface area (Å²) in [6.45, 7) is -0.221. The van der Waals surface area contributed by atoms with Gasteiger partial charge in [-0.1, -0.05) is 23.7 Å². The lowest BCUT2D eigenvalue weighted by molar-refractivity contribution is 0.0468. The van der Waals surface area contributed by atoms with Gasteiger partial charge in [0.15, 0.2) is 0 Å². The molecule has 0 unspecified atom stereocenters. The molecule has 0 aliphatic carbocycles. The van der Waals surface area contributed by atoms with Gasteiger partial charge in [-0.15, -0.1) is 0 Å². The average molecular weight is 295 g/mol. The quantitative estimate of drug-likeness (QED) is 0.804. The van der Waals surface area contributed by atoms with Crippen LogP contribution in [0.5, 0.6) is 5.75 Å². The minimum atomic E-state index is -0.566. The molecule has 0 aliphatic rings. The van der Waals surface area contributed by atoms with Gasteiger partial charge in [0.2, 0.25) is 0 Å². The van der Waals surface area contributed by atoms with Crippen LogP contribution in [-0.2, 0) is 11.3 Å². The van der Waals surface area contributed by atoms with Crippen LogP contribution in [0.25, 0.3) is 0 Å². The molecule has 3 nitrogen and oxygen atoms in total. The number of hydrogen-bond acceptors (Lipinski definition) is 3. The number of benzene rings is 2. The molecular weight excluding hydrogens is 283 g/mol. The monoisotopic (exact) mass is 294 g/mol. The number of halogens is 2. The van der Waals surface area contributed by atoms with Crippen molar-refractivity contribution in [3.8, 4) is 5.75 Å². The highest BCUT2D eigenvalue weighted by atomic mass is 35.5. The van der Waals surface area contributed by atoms with Crippen LogP contribution in [-0.4, -0.2) is 13.1 Å². The topological polar surface area (TPSA) is 35.5 Å². The van der Waals surface area contributed by atoms with Crippen LogP contribution >= 0.6 is 11.6 Å². The highest BCUT2D eigenvalue weighted by Gasteiger charge is 2.12. The molecule has 0 atom stereocenters. The SMILES string of the molecule is COc1cccc(C(=O)OCc2c(F)cccc2Cl)c1. The van der Waals surface area contributed by atoms with Crippen molar-refractivity contribution < 1.29 is 18.7 Å². The van der Waals surface area contributed by atoms with Gasteiger partial charge < -0.3 is 9.47 Å². The van der Waals surface area contributed by atoms with Gasteiger partial charge in [0.05, 0.1) is 17.7 Å². The Bertz CT molecular complexity index is 608. The van der Waals surface area contributed by atoms with Gasteiger partial charge in [-0.25, -0.2) is 9.18 Å². The van der Waals surface area contributed by atoms with E-state index in [0.717, 1.165) is 0 Å². The van der Waals surface area contributed by atoms with Crippen molar-refractivity contribution in [1.29, 1.82) is 0 Å². The third-order valence-electron chi connectivity index (χ3n) is 2.71. The first-order valence-electron chi connectivity index (χ1n) is 5.86. The number of methoxy groups -OCH3 is 1. The third-order valence-corrected chi connectivity index (χ3v) is 3.07. The molecule has 0 fully saturated rings. The lowest BCUT2D eigenvalue weighted by Gasteiger charge is -2.08. The third kappa shape index (κ3) is 3.27. The summed E-state index contributed by atoms with van der Waals surface area (Å²) in [6.07, 6.45) is 0. The smallest absolute Gasteiger partial charge is 0.338 e. The Morgan fingerprint density at radius 3 is 2.70 bits per heavy atom. The van der Waals surface area contributed by atoms with Gasteiger partial charge in [-0.3, -0.25) is 0 Å². The van der Waals surface area contributed by atoms with Crippen LogP contribution in [0, 0.1) is 5.82 Å². The summed E-state index contributed by atoms with van der Waals surface area (Å²) in [6, 6.07) is 10.8. The Hall–Kier alpha value is -2.07. The second kappa shape index (κ2) is 6.39. The molecule has 104 valence electrons. The first-order chi connectivity index (χ1) is 9.61. The van der Waals surface area contributed by atoms with E-state index in [9.17, 15) is 9.18 Å². The molecule has 0 N–H and O–H groups in total. The highest BCUT2D eigenvalue weighted by Crippen LogP contribution is 2.20. The number of carbonyl (C=O) groups is 1. The fourth-order valence-corrected chi connectivity index (χ4v) is 1.86. The Morgan fingerprint density at radius 1 is 1.25 bits per heavy atom. The number of carbonyl (C=O) groups excluding carboxylic acids is 1.